The smallest absolute Gasteiger partial charge is 0.138 e. The van der Waals surface area contributed by atoms with Crippen LogP contribution >= 0.6 is 0 Å². The summed E-state index contributed by atoms with van der Waals surface area (Å²) in [6.45, 7) is 0. The minimum Gasteiger partial charge on any atom is -0.456 e. The molecule has 228 valence electrons. The molecule has 3 nitrogen and oxygen atoms in total. The number of aromatic nitrogens is 2. The third kappa shape index (κ3) is 3.73. The number of hydrogen-bond donors (Lipinski definition) is 0. The fraction of sp³-hybridized carbons (Fsp3) is 0. The molecule has 49 heavy (non-hydrogen) atoms. The molecule has 8 aromatic carbocycles. The Morgan fingerprint density at radius 3 is 1.92 bits per heavy atom. The van der Waals surface area contributed by atoms with Crippen molar-refractivity contribution in [2.45, 2.75) is 0 Å². The first kappa shape index (κ1) is 22.1. The number of hydrogen-bond acceptors (Lipinski definition) is 1. The molecule has 0 radical (unpaired) electrons. The quantitative estimate of drug-likeness (QED) is 0.190. The molecule has 0 atom stereocenters. The van der Waals surface area contributed by atoms with Gasteiger partial charge in [0.1, 0.15) is 11.5 Å². The first-order chi connectivity index (χ1) is 26.4. The summed E-state index contributed by atoms with van der Waals surface area (Å²) in [5.41, 5.74) is 9.17. The lowest BCUT2D eigenvalue weighted by Gasteiger charge is -2.22. The molecule has 11 rings (SSSR count). The van der Waals surface area contributed by atoms with Gasteiger partial charge < -0.3 is 13.9 Å². The lowest BCUT2D eigenvalue weighted by Crippen LogP contribution is -1.98. The first-order valence-corrected chi connectivity index (χ1v) is 16.4. The summed E-state index contributed by atoms with van der Waals surface area (Å²) >= 11 is 0. The van der Waals surface area contributed by atoms with Gasteiger partial charge >= 0.3 is 0 Å². The standard InChI is InChI=1S/C46H28N2O/c1-3-12-31(13-4-1)47-39-20-9-7-16-33(39)37-26-29(22-24-40(37)47)30-23-25-41-38(27-30)45-36-19-11-18-35-34-17-8-10-21-43(34)49-44(46(35)36)28-42(45)48(41)32-14-5-2-6-15-32/h1-28H/i1D,3D,4D,12D,13D. The van der Waals surface area contributed by atoms with E-state index >= 15 is 0 Å². The summed E-state index contributed by atoms with van der Waals surface area (Å²) in [6.07, 6.45) is 0. The molecule has 0 amide bonds. The number of benzene rings is 8. The summed E-state index contributed by atoms with van der Waals surface area (Å²) < 4.78 is 53.2. The first-order valence-electron chi connectivity index (χ1n) is 18.9. The van der Waals surface area contributed by atoms with Crippen LogP contribution in [0.3, 0.4) is 0 Å². The van der Waals surface area contributed by atoms with Crippen LogP contribution in [0.2, 0.25) is 0 Å². The zero-order chi connectivity index (χ0) is 36.4. The van der Waals surface area contributed by atoms with Crippen LogP contribution in [-0.4, -0.2) is 9.13 Å². The average Bonchev–Trinajstić information content (AvgIpc) is 3.72. The van der Waals surface area contributed by atoms with Crippen molar-refractivity contribution in [3.05, 3.63) is 170 Å². The second-order valence-corrected chi connectivity index (χ2v) is 12.6. The maximum atomic E-state index is 8.78. The Morgan fingerprint density at radius 1 is 0.408 bits per heavy atom. The van der Waals surface area contributed by atoms with Crippen molar-refractivity contribution in [1.29, 1.82) is 0 Å². The lowest BCUT2D eigenvalue weighted by molar-refractivity contribution is 0.487. The van der Waals surface area contributed by atoms with E-state index in [1.165, 1.54) is 0 Å². The zero-order valence-electron chi connectivity index (χ0n) is 31.1. The van der Waals surface area contributed by atoms with E-state index in [9.17, 15) is 0 Å². The topological polar surface area (TPSA) is 19.1 Å². The van der Waals surface area contributed by atoms with Crippen LogP contribution in [0.4, 0.5) is 0 Å². The zero-order valence-corrected chi connectivity index (χ0v) is 26.1. The molecule has 0 aliphatic carbocycles. The predicted molar refractivity (Wildman–Crippen MR) is 204 cm³/mol. The van der Waals surface area contributed by atoms with Crippen LogP contribution < -0.4 is 4.74 Å². The highest BCUT2D eigenvalue weighted by atomic mass is 16.5. The Bertz CT molecular complexity index is 3230. The Morgan fingerprint density at radius 2 is 1.06 bits per heavy atom. The van der Waals surface area contributed by atoms with Gasteiger partial charge in [0.05, 0.1) is 28.9 Å². The van der Waals surface area contributed by atoms with E-state index in [1.54, 1.807) is 4.57 Å². The molecule has 1 aliphatic rings. The molecule has 3 heterocycles. The lowest BCUT2D eigenvalue weighted by atomic mass is 9.92. The molecule has 1 aliphatic heterocycles. The fourth-order valence-electron chi connectivity index (χ4n) is 7.94. The van der Waals surface area contributed by atoms with Crippen molar-refractivity contribution < 1.29 is 11.6 Å². The van der Waals surface area contributed by atoms with Gasteiger partial charge in [-0.25, -0.2) is 0 Å². The van der Waals surface area contributed by atoms with E-state index in [4.69, 9.17) is 11.6 Å². The van der Waals surface area contributed by atoms with Crippen molar-refractivity contribution >= 4 is 54.4 Å². The minimum atomic E-state index is -0.407. The molecular formula is C46H28N2O. The second kappa shape index (κ2) is 9.96. The highest BCUT2D eigenvalue weighted by Crippen LogP contribution is 2.50. The highest BCUT2D eigenvalue weighted by molar-refractivity contribution is 6.26. The van der Waals surface area contributed by atoms with Crippen molar-refractivity contribution in [1.82, 2.24) is 9.13 Å². The molecule has 2 aromatic heterocycles. The monoisotopic (exact) mass is 629 g/mol. The van der Waals surface area contributed by atoms with E-state index in [2.05, 4.69) is 95.6 Å². The van der Waals surface area contributed by atoms with Gasteiger partial charge in [-0.1, -0.05) is 103 Å². The number of nitrogens with zero attached hydrogens (tertiary/aromatic N) is 2. The van der Waals surface area contributed by atoms with Gasteiger partial charge in [0.2, 0.25) is 0 Å². The van der Waals surface area contributed by atoms with Crippen LogP contribution in [0, 0.1) is 0 Å². The normalized spacial score (nSPS) is 13.7. The van der Waals surface area contributed by atoms with E-state index in [1.807, 2.05) is 48.5 Å². The van der Waals surface area contributed by atoms with Crippen molar-refractivity contribution in [3.8, 4) is 45.1 Å². The molecule has 0 spiro atoms. The van der Waals surface area contributed by atoms with Gasteiger partial charge in [0.15, 0.2) is 0 Å². The molecular weight excluding hydrogens is 597 g/mol. The molecule has 0 saturated heterocycles. The van der Waals surface area contributed by atoms with Gasteiger partial charge in [-0.3, -0.25) is 0 Å². The summed E-state index contributed by atoms with van der Waals surface area (Å²) in [7, 11) is 0. The Kier molecular flexibility index (Phi) is 4.49. The van der Waals surface area contributed by atoms with E-state index in [0.29, 0.717) is 0 Å². The van der Waals surface area contributed by atoms with E-state index in [0.717, 1.165) is 93.8 Å². The molecule has 0 unspecified atom stereocenters. The Hall–Kier alpha value is -6.58. The predicted octanol–water partition coefficient (Wildman–Crippen LogP) is 12.5. The molecule has 10 aromatic rings. The average molecular weight is 630 g/mol. The molecule has 0 fully saturated rings. The van der Waals surface area contributed by atoms with Crippen LogP contribution in [-0.2, 0) is 0 Å². The van der Waals surface area contributed by atoms with Crippen LogP contribution in [0.5, 0.6) is 11.5 Å². The Labute approximate surface area is 289 Å². The molecule has 0 N–H and O–H groups in total. The van der Waals surface area contributed by atoms with Gasteiger partial charge in [0.25, 0.3) is 0 Å². The van der Waals surface area contributed by atoms with Crippen molar-refractivity contribution in [3.63, 3.8) is 0 Å². The van der Waals surface area contributed by atoms with Crippen LogP contribution in [0.15, 0.2) is 170 Å². The molecule has 0 bridgehead atoms. The fourth-order valence-corrected chi connectivity index (χ4v) is 7.94. The SMILES string of the molecule is [2H]c1c([2H])c([2H])c(-n2c3ccccc3c3cc(-c4ccc5c(c4)c4c6cccc7c6c(cc4n5-c4ccccc4)Oc4ccccc4-7)ccc32)c([2H])c1[2H]. The maximum Gasteiger partial charge on any atom is 0.138 e. The number of para-hydroxylation sites is 4. The number of rotatable bonds is 3. The van der Waals surface area contributed by atoms with Gasteiger partial charge in [0, 0.05) is 49.9 Å². The Balaban J connectivity index is 1.19. The summed E-state index contributed by atoms with van der Waals surface area (Å²) in [5.74, 6) is 1.69. The third-order valence-electron chi connectivity index (χ3n) is 9.98. The summed E-state index contributed by atoms with van der Waals surface area (Å²) in [4.78, 5) is 0. The van der Waals surface area contributed by atoms with E-state index in [-0.39, 0.29) is 29.9 Å². The van der Waals surface area contributed by atoms with Gasteiger partial charge in [-0.2, -0.15) is 0 Å². The highest BCUT2D eigenvalue weighted by Gasteiger charge is 2.25. The summed E-state index contributed by atoms with van der Waals surface area (Å²) in [6, 6.07) is 46.4. The van der Waals surface area contributed by atoms with Crippen LogP contribution in [0.25, 0.3) is 88.0 Å². The third-order valence-corrected chi connectivity index (χ3v) is 9.98. The number of ether oxygens (including phenoxy) is 1. The van der Waals surface area contributed by atoms with E-state index < -0.39 is 6.04 Å². The van der Waals surface area contributed by atoms with Crippen molar-refractivity contribution in [2.24, 2.45) is 0 Å². The summed E-state index contributed by atoms with van der Waals surface area (Å²) in [5, 5.41) is 6.36. The van der Waals surface area contributed by atoms with Gasteiger partial charge in [-0.15, -0.1) is 0 Å². The van der Waals surface area contributed by atoms with Gasteiger partial charge in [-0.05, 0) is 82.7 Å². The maximum absolute atomic E-state index is 8.78. The molecule has 0 saturated carbocycles. The second-order valence-electron chi connectivity index (χ2n) is 12.6. The molecule has 3 heteroatoms. The largest absolute Gasteiger partial charge is 0.456 e. The van der Waals surface area contributed by atoms with Crippen molar-refractivity contribution in [2.75, 3.05) is 0 Å². The number of fused-ring (bicyclic) bond motifs is 9. The minimum absolute atomic E-state index is 0.139. The van der Waals surface area contributed by atoms with Crippen LogP contribution in [0.1, 0.15) is 6.85 Å².